The Balaban J connectivity index is 1.64. The number of amides is 1. The van der Waals surface area contributed by atoms with Crippen molar-refractivity contribution in [1.82, 2.24) is 20.2 Å². The molecular weight excluding hydrogens is 268 g/mol. The van der Waals surface area contributed by atoms with E-state index in [2.05, 4.69) is 20.2 Å². The first-order chi connectivity index (χ1) is 9.17. The molecule has 1 aromatic heterocycles. The zero-order valence-corrected chi connectivity index (χ0v) is 11.6. The minimum Gasteiger partial charge on any atom is -0.476 e. The van der Waals surface area contributed by atoms with Gasteiger partial charge in [0.05, 0.1) is 25.5 Å². The van der Waals surface area contributed by atoms with Crippen molar-refractivity contribution in [3.8, 4) is 5.88 Å². The Bertz CT molecular complexity index is 437. The van der Waals surface area contributed by atoms with Crippen LogP contribution in [0.1, 0.15) is 6.92 Å². The summed E-state index contributed by atoms with van der Waals surface area (Å²) in [5, 5.41) is 3.10. The third-order valence-corrected chi connectivity index (χ3v) is 3.01. The van der Waals surface area contributed by atoms with Crippen molar-refractivity contribution < 1.29 is 9.53 Å². The number of aromatic nitrogens is 2. The number of nitrogens with one attached hydrogen (secondary N) is 1. The van der Waals surface area contributed by atoms with E-state index in [1.54, 1.807) is 0 Å². The molecule has 2 heterocycles. The van der Waals surface area contributed by atoms with Gasteiger partial charge in [-0.15, -0.1) is 0 Å². The van der Waals surface area contributed by atoms with E-state index in [0.29, 0.717) is 36.6 Å². The summed E-state index contributed by atoms with van der Waals surface area (Å²) in [4.78, 5) is 21.3. The molecule has 0 atom stereocenters. The summed E-state index contributed by atoms with van der Waals surface area (Å²) >= 11 is 5.71. The molecule has 0 bridgehead atoms. The summed E-state index contributed by atoms with van der Waals surface area (Å²) in [6, 6.07) is 0. The molecule has 6 nitrogen and oxygen atoms in total. The zero-order chi connectivity index (χ0) is 13.7. The molecule has 104 valence electrons. The molecule has 0 unspecified atom stereocenters. The first-order valence-electron chi connectivity index (χ1n) is 6.26. The average Bonchev–Trinajstić information content (AvgIpc) is 2.32. The molecule has 1 aliphatic rings. The van der Waals surface area contributed by atoms with E-state index in [1.165, 1.54) is 12.4 Å². The molecule has 0 saturated carbocycles. The van der Waals surface area contributed by atoms with E-state index in [0.717, 1.165) is 13.1 Å². The lowest BCUT2D eigenvalue weighted by atomic mass is 10.0. The van der Waals surface area contributed by atoms with Gasteiger partial charge in [0.25, 0.3) is 0 Å². The lowest BCUT2D eigenvalue weighted by Crippen LogP contribution is -2.52. The van der Waals surface area contributed by atoms with Gasteiger partial charge in [-0.1, -0.05) is 11.6 Å². The maximum Gasteiger partial charge on any atom is 0.234 e. The van der Waals surface area contributed by atoms with Gasteiger partial charge in [-0.05, 0) is 6.92 Å². The zero-order valence-electron chi connectivity index (χ0n) is 10.8. The van der Waals surface area contributed by atoms with Crippen molar-refractivity contribution in [3.05, 3.63) is 17.5 Å². The summed E-state index contributed by atoms with van der Waals surface area (Å²) in [7, 11) is 0. The fourth-order valence-corrected chi connectivity index (χ4v) is 2.11. The van der Waals surface area contributed by atoms with Crippen LogP contribution in [-0.2, 0) is 4.79 Å². The fourth-order valence-electron chi connectivity index (χ4n) is 1.97. The number of likely N-dealkylation sites (tertiary alicyclic amines) is 1. The molecule has 0 radical (unpaired) electrons. The highest BCUT2D eigenvalue weighted by Gasteiger charge is 2.28. The van der Waals surface area contributed by atoms with Crippen molar-refractivity contribution in [2.45, 2.75) is 6.92 Å². The van der Waals surface area contributed by atoms with Gasteiger partial charge in [0.15, 0.2) is 5.15 Å². The maximum absolute atomic E-state index is 11.4. The van der Waals surface area contributed by atoms with E-state index in [-0.39, 0.29) is 5.91 Å². The molecule has 0 aliphatic carbocycles. The average molecular weight is 285 g/mol. The van der Waals surface area contributed by atoms with Crippen LogP contribution in [0.25, 0.3) is 0 Å². The summed E-state index contributed by atoms with van der Waals surface area (Å²) in [5.41, 5.74) is 0. The predicted molar refractivity (Wildman–Crippen MR) is 71.2 cm³/mol. The molecule has 7 heteroatoms. The Morgan fingerprint density at radius 3 is 3.05 bits per heavy atom. The van der Waals surface area contributed by atoms with Crippen LogP contribution in [0.5, 0.6) is 5.88 Å². The number of hydrogen-bond donors (Lipinski definition) is 1. The molecule has 2 rings (SSSR count). The second-order valence-corrected chi connectivity index (χ2v) is 4.89. The van der Waals surface area contributed by atoms with Crippen molar-refractivity contribution in [2.24, 2.45) is 5.92 Å². The first-order valence-corrected chi connectivity index (χ1v) is 6.64. The Morgan fingerprint density at radius 1 is 1.58 bits per heavy atom. The van der Waals surface area contributed by atoms with Crippen molar-refractivity contribution in [3.63, 3.8) is 0 Å². The second-order valence-electron chi connectivity index (χ2n) is 4.50. The smallest absolute Gasteiger partial charge is 0.234 e. The molecule has 0 aromatic carbocycles. The molecule has 1 aliphatic heterocycles. The third-order valence-electron chi connectivity index (χ3n) is 2.82. The largest absolute Gasteiger partial charge is 0.476 e. The van der Waals surface area contributed by atoms with E-state index >= 15 is 0 Å². The lowest BCUT2D eigenvalue weighted by Gasteiger charge is -2.38. The molecule has 19 heavy (non-hydrogen) atoms. The number of hydrogen-bond acceptors (Lipinski definition) is 5. The standard InChI is InChI=1S/C12H17ClN4O2/c1-2-15-11(18)7-17-5-9(6-17)8-19-12-4-14-3-10(13)16-12/h3-4,9H,2,5-8H2,1H3,(H,15,18). The molecular formula is C12H17ClN4O2. The Morgan fingerprint density at radius 2 is 2.37 bits per heavy atom. The van der Waals surface area contributed by atoms with Crippen molar-refractivity contribution in [2.75, 3.05) is 32.8 Å². The maximum atomic E-state index is 11.4. The van der Waals surface area contributed by atoms with Gasteiger partial charge in [0.2, 0.25) is 11.8 Å². The third kappa shape index (κ3) is 4.33. The monoisotopic (exact) mass is 284 g/mol. The Labute approximate surface area is 117 Å². The van der Waals surface area contributed by atoms with Crippen LogP contribution in [0, 0.1) is 5.92 Å². The van der Waals surface area contributed by atoms with Crippen LogP contribution in [0.15, 0.2) is 12.4 Å². The molecule has 1 amide bonds. The highest BCUT2D eigenvalue weighted by molar-refractivity contribution is 6.29. The van der Waals surface area contributed by atoms with E-state index in [9.17, 15) is 4.79 Å². The summed E-state index contributed by atoms with van der Waals surface area (Å²) in [6.45, 7) is 5.35. The van der Waals surface area contributed by atoms with Crippen LogP contribution in [0.3, 0.4) is 0 Å². The van der Waals surface area contributed by atoms with Crippen molar-refractivity contribution in [1.29, 1.82) is 0 Å². The van der Waals surface area contributed by atoms with Crippen molar-refractivity contribution >= 4 is 17.5 Å². The predicted octanol–water partition coefficient (Wildman–Crippen LogP) is 0.577. The van der Waals surface area contributed by atoms with E-state index < -0.39 is 0 Å². The number of ether oxygens (including phenoxy) is 1. The fraction of sp³-hybridized carbons (Fsp3) is 0.583. The molecule has 0 spiro atoms. The molecule has 1 N–H and O–H groups in total. The van der Waals surface area contributed by atoms with Crippen LogP contribution in [-0.4, -0.2) is 53.6 Å². The van der Waals surface area contributed by atoms with Gasteiger partial charge in [-0.25, -0.2) is 0 Å². The number of rotatable bonds is 6. The van der Waals surface area contributed by atoms with Gasteiger partial charge in [0, 0.05) is 25.6 Å². The van der Waals surface area contributed by atoms with Crippen LogP contribution in [0.2, 0.25) is 5.15 Å². The quantitative estimate of drug-likeness (QED) is 0.827. The van der Waals surface area contributed by atoms with Gasteiger partial charge in [-0.3, -0.25) is 14.7 Å². The van der Waals surface area contributed by atoms with Crippen LogP contribution >= 0.6 is 11.6 Å². The van der Waals surface area contributed by atoms with E-state index in [1.807, 2.05) is 6.92 Å². The minimum absolute atomic E-state index is 0.0718. The van der Waals surface area contributed by atoms with Gasteiger partial charge in [0.1, 0.15) is 0 Å². The number of carbonyl (C=O) groups excluding carboxylic acids is 1. The summed E-state index contributed by atoms with van der Waals surface area (Å²) in [6.07, 6.45) is 3.00. The molecule has 1 fully saturated rings. The van der Waals surface area contributed by atoms with Crippen LogP contribution in [0.4, 0.5) is 0 Å². The number of likely N-dealkylation sites (N-methyl/N-ethyl adjacent to an activating group) is 1. The second kappa shape index (κ2) is 6.68. The minimum atomic E-state index is 0.0718. The van der Waals surface area contributed by atoms with Crippen LogP contribution < -0.4 is 10.1 Å². The first kappa shape index (κ1) is 14.0. The van der Waals surface area contributed by atoms with Gasteiger partial charge in [-0.2, -0.15) is 4.98 Å². The lowest BCUT2D eigenvalue weighted by molar-refractivity contribution is -0.124. The highest BCUT2D eigenvalue weighted by Crippen LogP contribution is 2.17. The molecule has 1 aromatic rings. The van der Waals surface area contributed by atoms with E-state index in [4.69, 9.17) is 16.3 Å². The SMILES string of the molecule is CCNC(=O)CN1CC(COc2cncc(Cl)n2)C1. The number of nitrogens with zero attached hydrogens (tertiary/aromatic N) is 3. The van der Waals surface area contributed by atoms with Gasteiger partial charge >= 0.3 is 0 Å². The topological polar surface area (TPSA) is 67.4 Å². The summed E-state index contributed by atoms with van der Waals surface area (Å²) in [5.74, 6) is 0.937. The van der Waals surface area contributed by atoms with Gasteiger partial charge < -0.3 is 10.1 Å². The number of carbonyl (C=O) groups is 1. The number of halogens is 1. The highest BCUT2D eigenvalue weighted by atomic mass is 35.5. The summed E-state index contributed by atoms with van der Waals surface area (Å²) < 4.78 is 5.51. The Kier molecular flexibility index (Phi) is 4.93. The Hall–Kier alpha value is -1.40. The normalized spacial score (nSPS) is 15.9. The molecule has 1 saturated heterocycles.